The number of nitrogens with one attached hydrogen (secondary N) is 1. The summed E-state index contributed by atoms with van der Waals surface area (Å²) in [5.74, 6) is 0.632. The Morgan fingerprint density at radius 2 is 2.14 bits per heavy atom. The molecule has 4 rings (SSSR count). The summed E-state index contributed by atoms with van der Waals surface area (Å²) in [5, 5.41) is 8.60. The van der Waals surface area contributed by atoms with Crippen LogP contribution in [0.3, 0.4) is 0 Å². The number of benzene rings is 1. The zero-order valence-corrected chi connectivity index (χ0v) is 16.7. The first-order valence-corrected chi connectivity index (χ1v) is 9.68. The fourth-order valence-corrected chi connectivity index (χ4v) is 3.67. The number of aromatic nitrogens is 3. The molecule has 2 unspecified atom stereocenters. The van der Waals surface area contributed by atoms with Gasteiger partial charge in [-0.25, -0.2) is 4.68 Å². The molecular weight excluding hydrogens is 392 g/mol. The maximum absolute atomic E-state index is 12.5. The van der Waals surface area contributed by atoms with Crippen LogP contribution in [0.4, 0.5) is 0 Å². The van der Waals surface area contributed by atoms with Crippen LogP contribution in [0.15, 0.2) is 59.7 Å². The molecule has 0 saturated carbocycles. The lowest BCUT2D eigenvalue weighted by Gasteiger charge is -2.21. The van der Waals surface area contributed by atoms with E-state index in [1.54, 1.807) is 25.6 Å². The summed E-state index contributed by atoms with van der Waals surface area (Å²) in [6.45, 7) is 1.42. The van der Waals surface area contributed by atoms with Crippen molar-refractivity contribution in [3.8, 4) is 17.0 Å². The Kier molecular flexibility index (Phi) is 5.89. The molecule has 1 fully saturated rings. The molecule has 1 aliphatic rings. The molecule has 0 spiro atoms. The summed E-state index contributed by atoms with van der Waals surface area (Å²) in [6, 6.07) is 12.4. The van der Waals surface area contributed by atoms with E-state index in [0.29, 0.717) is 36.2 Å². The smallest absolute Gasteiger partial charge is 0.267 e. The predicted molar refractivity (Wildman–Crippen MR) is 110 cm³/mol. The molecule has 2 atom stereocenters. The van der Waals surface area contributed by atoms with Crippen molar-refractivity contribution in [1.82, 2.24) is 20.1 Å². The van der Waals surface area contributed by atoms with Gasteiger partial charge in [-0.1, -0.05) is 23.7 Å². The van der Waals surface area contributed by atoms with Crippen molar-refractivity contribution in [1.29, 1.82) is 0 Å². The number of nitrogens with zero attached hydrogens (tertiary/aromatic N) is 3. The van der Waals surface area contributed by atoms with E-state index in [9.17, 15) is 4.79 Å². The summed E-state index contributed by atoms with van der Waals surface area (Å²) in [5.41, 5.74) is 2.30. The van der Waals surface area contributed by atoms with Crippen molar-refractivity contribution in [3.05, 3.63) is 75.8 Å². The molecule has 0 bridgehead atoms. The Labute approximate surface area is 173 Å². The van der Waals surface area contributed by atoms with Crippen molar-refractivity contribution in [3.63, 3.8) is 0 Å². The van der Waals surface area contributed by atoms with E-state index in [2.05, 4.69) is 15.4 Å². The second-order valence-corrected chi connectivity index (χ2v) is 7.15. The number of rotatable bonds is 6. The average molecular weight is 413 g/mol. The second-order valence-electron chi connectivity index (χ2n) is 6.77. The predicted octanol–water partition coefficient (Wildman–Crippen LogP) is 2.70. The van der Waals surface area contributed by atoms with Crippen LogP contribution in [0.5, 0.6) is 5.75 Å². The van der Waals surface area contributed by atoms with E-state index < -0.39 is 0 Å². The van der Waals surface area contributed by atoms with Crippen molar-refractivity contribution >= 4 is 11.6 Å². The monoisotopic (exact) mass is 412 g/mol. The van der Waals surface area contributed by atoms with Crippen LogP contribution in [0, 0.1) is 0 Å². The van der Waals surface area contributed by atoms with Crippen molar-refractivity contribution in [2.75, 3.05) is 20.3 Å². The summed E-state index contributed by atoms with van der Waals surface area (Å²) in [4.78, 5) is 16.6. The quantitative estimate of drug-likeness (QED) is 0.670. The summed E-state index contributed by atoms with van der Waals surface area (Å²) in [7, 11) is 1.59. The second kappa shape index (κ2) is 8.73. The van der Waals surface area contributed by atoms with Crippen LogP contribution < -0.4 is 15.6 Å². The van der Waals surface area contributed by atoms with Crippen LogP contribution in [-0.2, 0) is 11.3 Å². The minimum atomic E-state index is -0.219. The number of ether oxygens (including phenoxy) is 2. The Morgan fingerprint density at radius 3 is 2.93 bits per heavy atom. The summed E-state index contributed by atoms with van der Waals surface area (Å²) < 4.78 is 12.4. The standard InChI is InChI=1S/C21H21ClN4O3/c1-28-19-6-2-4-15(21(19)22)11-24-17-12-29-13-18(17)26-20(27)8-7-16(25-26)14-5-3-9-23-10-14/h2-10,17-18,24H,11-13H2,1H3. The van der Waals surface area contributed by atoms with Gasteiger partial charge in [0.25, 0.3) is 5.56 Å². The molecule has 0 aliphatic carbocycles. The maximum atomic E-state index is 12.5. The molecule has 2 aromatic heterocycles. The van der Waals surface area contributed by atoms with Crippen LogP contribution in [0.1, 0.15) is 11.6 Å². The van der Waals surface area contributed by atoms with Crippen LogP contribution >= 0.6 is 11.6 Å². The average Bonchev–Trinajstić information content (AvgIpc) is 3.22. The number of halogens is 1. The minimum absolute atomic E-state index is 0.0772. The minimum Gasteiger partial charge on any atom is -0.495 e. The van der Waals surface area contributed by atoms with Gasteiger partial charge in [0.1, 0.15) is 5.75 Å². The van der Waals surface area contributed by atoms with E-state index >= 15 is 0 Å². The Balaban J connectivity index is 1.55. The highest BCUT2D eigenvalue weighted by Crippen LogP contribution is 2.28. The van der Waals surface area contributed by atoms with Crippen molar-refractivity contribution in [2.45, 2.75) is 18.6 Å². The van der Waals surface area contributed by atoms with Gasteiger partial charge in [-0.05, 0) is 29.8 Å². The lowest BCUT2D eigenvalue weighted by Crippen LogP contribution is -2.41. The highest BCUT2D eigenvalue weighted by molar-refractivity contribution is 6.32. The number of pyridine rings is 1. The fourth-order valence-electron chi connectivity index (χ4n) is 3.40. The molecule has 7 nitrogen and oxygen atoms in total. The molecule has 1 aliphatic heterocycles. The summed E-state index contributed by atoms with van der Waals surface area (Å²) in [6.07, 6.45) is 3.43. The Morgan fingerprint density at radius 1 is 1.24 bits per heavy atom. The van der Waals surface area contributed by atoms with Gasteiger partial charge in [-0.3, -0.25) is 9.78 Å². The third-order valence-electron chi connectivity index (χ3n) is 4.96. The van der Waals surface area contributed by atoms with Crippen molar-refractivity contribution in [2.24, 2.45) is 0 Å². The largest absolute Gasteiger partial charge is 0.495 e. The van der Waals surface area contributed by atoms with Gasteiger partial charge in [0, 0.05) is 30.6 Å². The number of hydrogen-bond acceptors (Lipinski definition) is 6. The highest BCUT2D eigenvalue weighted by Gasteiger charge is 2.31. The summed E-state index contributed by atoms with van der Waals surface area (Å²) >= 11 is 6.39. The SMILES string of the molecule is COc1cccc(CNC2COCC2n2nc(-c3cccnc3)ccc2=O)c1Cl. The molecule has 0 amide bonds. The van der Waals surface area contributed by atoms with Crippen molar-refractivity contribution < 1.29 is 9.47 Å². The normalized spacial score (nSPS) is 18.7. The van der Waals surface area contributed by atoms with Crippen LogP contribution in [-0.4, -0.2) is 41.1 Å². The molecular formula is C21H21ClN4O3. The third-order valence-corrected chi connectivity index (χ3v) is 5.39. The first-order chi connectivity index (χ1) is 14.2. The van der Waals surface area contributed by atoms with E-state index in [1.807, 2.05) is 30.3 Å². The topological polar surface area (TPSA) is 78.3 Å². The Bertz CT molecular complexity index is 1040. The molecule has 1 N–H and O–H groups in total. The highest BCUT2D eigenvalue weighted by atomic mass is 35.5. The molecule has 8 heteroatoms. The zero-order valence-electron chi connectivity index (χ0n) is 15.9. The van der Waals surface area contributed by atoms with Gasteiger partial charge in [0.2, 0.25) is 0 Å². The molecule has 3 heterocycles. The van der Waals surface area contributed by atoms with Gasteiger partial charge in [-0.2, -0.15) is 5.10 Å². The van der Waals surface area contributed by atoms with Crippen LogP contribution in [0.2, 0.25) is 5.02 Å². The molecule has 0 radical (unpaired) electrons. The first kappa shape index (κ1) is 19.6. The number of hydrogen-bond donors (Lipinski definition) is 1. The lowest BCUT2D eigenvalue weighted by molar-refractivity contribution is 0.181. The zero-order chi connectivity index (χ0) is 20.2. The Hall–Kier alpha value is -2.74. The van der Waals surface area contributed by atoms with E-state index in [0.717, 1.165) is 11.1 Å². The van der Waals surface area contributed by atoms with E-state index in [1.165, 1.54) is 10.7 Å². The molecule has 150 valence electrons. The van der Waals surface area contributed by atoms with Gasteiger partial charge in [0.05, 0.1) is 43.1 Å². The maximum Gasteiger partial charge on any atom is 0.267 e. The van der Waals surface area contributed by atoms with Gasteiger partial charge in [-0.15, -0.1) is 0 Å². The van der Waals surface area contributed by atoms with Gasteiger partial charge < -0.3 is 14.8 Å². The first-order valence-electron chi connectivity index (χ1n) is 9.30. The van der Waals surface area contributed by atoms with Crippen LogP contribution in [0.25, 0.3) is 11.3 Å². The molecule has 1 aromatic carbocycles. The van der Waals surface area contributed by atoms with Gasteiger partial charge >= 0.3 is 0 Å². The lowest BCUT2D eigenvalue weighted by atomic mass is 10.1. The molecule has 1 saturated heterocycles. The fraction of sp³-hybridized carbons (Fsp3) is 0.286. The third kappa shape index (κ3) is 4.17. The van der Waals surface area contributed by atoms with E-state index in [4.69, 9.17) is 21.1 Å². The molecule has 29 heavy (non-hydrogen) atoms. The van der Waals surface area contributed by atoms with E-state index in [-0.39, 0.29) is 17.6 Å². The van der Waals surface area contributed by atoms with Gasteiger partial charge in [0.15, 0.2) is 0 Å². The molecule has 3 aromatic rings. The number of methoxy groups -OCH3 is 1.